The third kappa shape index (κ3) is 6.06. The van der Waals surface area contributed by atoms with Gasteiger partial charge in [-0.3, -0.25) is 14.6 Å². The number of carbonyl (C=O) groups excluding carboxylic acids is 2. The molecule has 0 aliphatic rings. The van der Waals surface area contributed by atoms with E-state index >= 15 is 0 Å². The molecular weight excluding hydrogens is 320 g/mol. The molecule has 0 saturated carbocycles. The van der Waals surface area contributed by atoms with Gasteiger partial charge in [0.1, 0.15) is 5.75 Å². The predicted octanol–water partition coefficient (Wildman–Crippen LogP) is 1.90. The zero-order valence-electron chi connectivity index (χ0n) is 14.2. The lowest BCUT2D eigenvalue weighted by Crippen LogP contribution is -2.26. The van der Waals surface area contributed by atoms with Gasteiger partial charge in [-0.15, -0.1) is 0 Å². The third-order valence-corrected chi connectivity index (χ3v) is 3.34. The number of hydrogen-bond donors (Lipinski definition) is 2. The van der Waals surface area contributed by atoms with Crippen molar-refractivity contribution in [1.29, 1.82) is 0 Å². The van der Waals surface area contributed by atoms with Gasteiger partial charge < -0.3 is 10.1 Å². The van der Waals surface area contributed by atoms with E-state index in [0.29, 0.717) is 17.8 Å². The minimum absolute atomic E-state index is 0.101. The van der Waals surface area contributed by atoms with E-state index in [1.807, 2.05) is 24.3 Å². The molecular formula is C18H20N4O3. The van der Waals surface area contributed by atoms with Crippen LogP contribution in [0.2, 0.25) is 0 Å². The highest BCUT2D eigenvalue weighted by Gasteiger charge is 2.06. The number of ether oxygens (including phenoxy) is 1. The Balaban J connectivity index is 1.77. The number of hydrogen-bond acceptors (Lipinski definition) is 5. The highest BCUT2D eigenvalue weighted by atomic mass is 16.5. The number of hydrazone groups is 1. The van der Waals surface area contributed by atoms with E-state index in [0.717, 1.165) is 11.3 Å². The van der Waals surface area contributed by atoms with E-state index < -0.39 is 0 Å². The monoisotopic (exact) mass is 340 g/mol. The molecule has 1 aromatic heterocycles. The van der Waals surface area contributed by atoms with Gasteiger partial charge in [-0.05, 0) is 36.8 Å². The van der Waals surface area contributed by atoms with E-state index in [-0.39, 0.29) is 18.2 Å². The molecule has 7 nitrogen and oxygen atoms in total. The van der Waals surface area contributed by atoms with Crippen LogP contribution >= 0.6 is 0 Å². The maximum Gasteiger partial charge on any atom is 0.272 e. The summed E-state index contributed by atoms with van der Waals surface area (Å²) in [5.41, 5.74) is 4.28. The molecule has 0 unspecified atom stereocenters. The van der Waals surface area contributed by atoms with Crippen LogP contribution in [-0.2, 0) is 11.3 Å². The molecule has 0 bridgehead atoms. The van der Waals surface area contributed by atoms with Crippen LogP contribution in [0.15, 0.2) is 53.9 Å². The minimum atomic E-state index is -0.369. The first-order valence-corrected chi connectivity index (χ1v) is 7.71. The minimum Gasteiger partial charge on any atom is -0.497 e. The molecule has 0 aliphatic carbocycles. The molecule has 0 spiro atoms. The molecule has 0 fully saturated rings. The molecule has 0 aliphatic heterocycles. The zero-order chi connectivity index (χ0) is 18.1. The Bertz CT molecular complexity index is 743. The van der Waals surface area contributed by atoms with E-state index in [9.17, 15) is 9.59 Å². The lowest BCUT2D eigenvalue weighted by molar-refractivity contribution is -0.120. The highest BCUT2D eigenvalue weighted by Crippen LogP contribution is 2.10. The molecule has 0 radical (unpaired) electrons. The van der Waals surface area contributed by atoms with Gasteiger partial charge in [0, 0.05) is 24.7 Å². The first kappa shape index (κ1) is 18.1. The van der Waals surface area contributed by atoms with Gasteiger partial charge in [-0.1, -0.05) is 12.1 Å². The summed E-state index contributed by atoms with van der Waals surface area (Å²) < 4.78 is 5.08. The number of carbonyl (C=O) groups is 2. The largest absolute Gasteiger partial charge is 0.497 e. The molecule has 2 N–H and O–H groups in total. The number of amides is 2. The molecule has 2 rings (SSSR count). The second kappa shape index (κ2) is 9.17. The molecule has 0 atom stereocenters. The van der Waals surface area contributed by atoms with Crippen LogP contribution in [0.4, 0.5) is 0 Å². The van der Waals surface area contributed by atoms with Gasteiger partial charge in [0.15, 0.2) is 0 Å². The molecule has 1 aromatic carbocycles. The van der Waals surface area contributed by atoms with Crippen LogP contribution in [-0.4, -0.2) is 29.6 Å². The highest BCUT2D eigenvalue weighted by molar-refractivity contribution is 6.01. The van der Waals surface area contributed by atoms with Gasteiger partial charge in [0.2, 0.25) is 5.91 Å². The fourth-order valence-electron chi connectivity index (χ4n) is 1.99. The van der Waals surface area contributed by atoms with Crippen LogP contribution in [0.1, 0.15) is 29.3 Å². The second-order valence-electron chi connectivity index (χ2n) is 5.33. The van der Waals surface area contributed by atoms with Crippen LogP contribution in [0, 0.1) is 0 Å². The number of nitrogens with one attached hydrogen (secondary N) is 2. The summed E-state index contributed by atoms with van der Waals surface area (Å²) in [4.78, 5) is 27.6. The molecule has 1 heterocycles. The quantitative estimate of drug-likeness (QED) is 0.595. The zero-order valence-corrected chi connectivity index (χ0v) is 14.2. The van der Waals surface area contributed by atoms with Gasteiger partial charge in [-0.2, -0.15) is 5.10 Å². The van der Waals surface area contributed by atoms with E-state index in [2.05, 4.69) is 20.8 Å². The van der Waals surface area contributed by atoms with Crippen LogP contribution in [0.5, 0.6) is 5.75 Å². The summed E-state index contributed by atoms with van der Waals surface area (Å²) in [6.07, 6.45) is 3.13. The Kier molecular flexibility index (Phi) is 6.65. The first-order chi connectivity index (χ1) is 12.1. The number of methoxy groups -OCH3 is 1. The average Bonchev–Trinajstić information content (AvgIpc) is 2.65. The number of benzene rings is 1. The van der Waals surface area contributed by atoms with Crippen molar-refractivity contribution in [2.45, 2.75) is 19.9 Å². The maximum atomic E-state index is 11.9. The second-order valence-corrected chi connectivity index (χ2v) is 5.33. The Hall–Kier alpha value is -3.22. The third-order valence-electron chi connectivity index (χ3n) is 3.34. The molecule has 7 heteroatoms. The summed E-state index contributed by atoms with van der Waals surface area (Å²) in [5.74, 6) is 0.223. The van der Waals surface area contributed by atoms with Crippen molar-refractivity contribution < 1.29 is 14.3 Å². The molecule has 0 saturated heterocycles. The van der Waals surface area contributed by atoms with Crippen molar-refractivity contribution in [3.8, 4) is 5.75 Å². The first-order valence-electron chi connectivity index (χ1n) is 7.71. The predicted molar refractivity (Wildman–Crippen MR) is 94.3 cm³/mol. The van der Waals surface area contributed by atoms with E-state index in [4.69, 9.17) is 4.74 Å². The van der Waals surface area contributed by atoms with Gasteiger partial charge >= 0.3 is 0 Å². The number of aromatic nitrogens is 1. The van der Waals surface area contributed by atoms with Gasteiger partial charge in [0.05, 0.1) is 19.1 Å². The van der Waals surface area contributed by atoms with Crippen molar-refractivity contribution in [3.05, 3.63) is 59.9 Å². The van der Waals surface area contributed by atoms with Crippen molar-refractivity contribution in [1.82, 2.24) is 15.7 Å². The lowest BCUT2D eigenvalue weighted by Gasteiger charge is -2.06. The SMILES string of the molecule is COc1ccc(CNC(=O)CC(C)=NNC(=O)c2cccnc2)cc1. The molecule has 2 amide bonds. The van der Waals surface area contributed by atoms with Gasteiger partial charge in [0.25, 0.3) is 5.91 Å². The summed E-state index contributed by atoms with van der Waals surface area (Å²) in [6.45, 7) is 2.09. The van der Waals surface area contributed by atoms with Crippen LogP contribution in [0.3, 0.4) is 0 Å². The summed E-state index contributed by atoms with van der Waals surface area (Å²) in [6, 6.07) is 10.7. The molecule has 130 valence electrons. The fraction of sp³-hybridized carbons (Fsp3) is 0.222. The smallest absolute Gasteiger partial charge is 0.272 e. The van der Waals surface area contributed by atoms with E-state index in [1.54, 1.807) is 32.4 Å². The summed E-state index contributed by atoms with van der Waals surface area (Å²) in [5, 5.41) is 6.73. The van der Waals surface area contributed by atoms with Gasteiger partial charge in [-0.25, -0.2) is 5.43 Å². The van der Waals surface area contributed by atoms with E-state index in [1.165, 1.54) is 6.20 Å². The Morgan fingerprint density at radius 1 is 1.20 bits per heavy atom. The Morgan fingerprint density at radius 3 is 2.60 bits per heavy atom. The Morgan fingerprint density at radius 2 is 1.96 bits per heavy atom. The summed E-state index contributed by atoms with van der Waals surface area (Å²) in [7, 11) is 1.60. The number of pyridine rings is 1. The normalized spacial score (nSPS) is 10.9. The standard InChI is InChI=1S/C18H20N4O3/c1-13(21-22-18(24)15-4-3-9-19-12-15)10-17(23)20-11-14-5-7-16(25-2)8-6-14/h3-9,12H,10-11H2,1-2H3,(H,20,23)(H,22,24). The summed E-state index contributed by atoms with van der Waals surface area (Å²) >= 11 is 0. The van der Waals surface area contributed by atoms with Crippen LogP contribution < -0.4 is 15.5 Å². The number of nitrogens with zero attached hydrogens (tertiary/aromatic N) is 2. The number of rotatable bonds is 7. The Labute approximate surface area is 146 Å². The maximum absolute atomic E-state index is 11.9. The topological polar surface area (TPSA) is 92.7 Å². The lowest BCUT2D eigenvalue weighted by atomic mass is 10.2. The van der Waals surface area contributed by atoms with Crippen LogP contribution in [0.25, 0.3) is 0 Å². The van der Waals surface area contributed by atoms with Crippen molar-refractivity contribution in [2.24, 2.45) is 5.10 Å². The van der Waals surface area contributed by atoms with Crippen molar-refractivity contribution in [2.75, 3.05) is 7.11 Å². The molecule has 2 aromatic rings. The average molecular weight is 340 g/mol. The fourth-order valence-corrected chi connectivity index (χ4v) is 1.99. The van der Waals surface area contributed by atoms with Crippen molar-refractivity contribution >= 4 is 17.5 Å². The molecule has 25 heavy (non-hydrogen) atoms. The van der Waals surface area contributed by atoms with Crippen molar-refractivity contribution in [3.63, 3.8) is 0 Å².